The van der Waals surface area contributed by atoms with Gasteiger partial charge in [0.15, 0.2) is 11.6 Å². The highest BCUT2D eigenvalue weighted by molar-refractivity contribution is 5.86. The van der Waals surface area contributed by atoms with Crippen LogP contribution >= 0.6 is 24.8 Å². The van der Waals surface area contributed by atoms with Crippen LogP contribution in [0.3, 0.4) is 0 Å². The maximum atomic E-state index is 12.3. The van der Waals surface area contributed by atoms with E-state index in [9.17, 15) is 34.2 Å². The van der Waals surface area contributed by atoms with E-state index in [4.69, 9.17) is 21.8 Å². The van der Waals surface area contributed by atoms with Crippen molar-refractivity contribution in [2.24, 2.45) is 29.4 Å². The largest absolute Gasteiger partial charge is 0.460 e. The summed E-state index contributed by atoms with van der Waals surface area (Å²) in [5.41, 5.74) is 7.91. The third kappa shape index (κ3) is 27.3. The van der Waals surface area contributed by atoms with Gasteiger partial charge in [-0.05, 0) is 115 Å². The number of esters is 2. The first-order valence-electron chi connectivity index (χ1n) is 22.8. The van der Waals surface area contributed by atoms with Gasteiger partial charge in [-0.2, -0.15) is 0 Å². The molecule has 0 aromatic heterocycles. The van der Waals surface area contributed by atoms with Crippen molar-refractivity contribution in [1.29, 1.82) is 0 Å². The molecule has 0 aliphatic heterocycles. The second-order valence-electron chi connectivity index (χ2n) is 19.5. The molecular weight excluding hydrogens is 879 g/mol. The Hall–Kier alpha value is -4.44. The number of ketones is 2. The summed E-state index contributed by atoms with van der Waals surface area (Å²) < 4.78 is 10.6. The Kier molecular flexibility index (Phi) is 27.1. The number of rotatable bonds is 19. The number of Topliss-reactive ketones (excluding diaryl/α,β-unsaturated/α-hetero) is 2. The molecule has 6 rings (SSSR count). The highest BCUT2D eigenvalue weighted by Gasteiger charge is 2.34. The summed E-state index contributed by atoms with van der Waals surface area (Å²) in [5.74, 6) is -0.793. The molecule has 3 aromatic rings. The quantitative estimate of drug-likeness (QED) is 0.0776. The van der Waals surface area contributed by atoms with Gasteiger partial charge in [-0.15, -0.1) is 24.8 Å². The summed E-state index contributed by atoms with van der Waals surface area (Å²) >= 11 is 0. The Balaban J connectivity index is 0.000000468. The van der Waals surface area contributed by atoms with Crippen LogP contribution in [0.4, 0.5) is 0 Å². The molecule has 13 heteroatoms. The SMILES string of the molecule is C#[N+]C1CC1.CC(C)(C)OC(=O)C[C@@H](Cc1ccccc1)C(O)C(=O)CC1CC1.CC(C)(C)OC(=O)C[C@H](C=O)Cc1ccccc1.Cl.Cl.N[C@@H](Cc1ccccc1)C(O)C(=O)CC1CC1. The van der Waals surface area contributed by atoms with E-state index in [2.05, 4.69) is 4.85 Å². The number of hydrogen-bond acceptors (Lipinski definition) is 10. The number of aliphatic hydroxyl groups is 2. The lowest BCUT2D eigenvalue weighted by atomic mass is 9.87. The van der Waals surface area contributed by atoms with Crippen molar-refractivity contribution in [2.45, 2.75) is 161 Å². The minimum absolute atomic E-state index is 0. The zero-order chi connectivity index (χ0) is 47.3. The summed E-state index contributed by atoms with van der Waals surface area (Å²) in [6, 6.07) is 29.1. The molecule has 0 amide bonds. The molecule has 0 spiro atoms. The zero-order valence-electron chi connectivity index (χ0n) is 39.7. The molecule has 66 heavy (non-hydrogen) atoms. The number of nitrogens with two attached hydrogens (primary N) is 1. The van der Waals surface area contributed by atoms with Crippen LogP contribution in [0.15, 0.2) is 91.0 Å². The number of carbonyl (C=O) groups is 5. The molecule has 4 N–H and O–H groups in total. The number of halogens is 2. The summed E-state index contributed by atoms with van der Waals surface area (Å²) in [6.07, 6.45) is 8.18. The number of hydrogen-bond donors (Lipinski definition) is 3. The first kappa shape index (κ1) is 59.6. The molecule has 11 nitrogen and oxygen atoms in total. The fraction of sp³-hybridized carbons (Fsp3) is 0.547. The minimum Gasteiger partial charge on any atom is -0.460 e. The van der Waals surface area contributed by atoms with Crippen LogP contribution in [0.2, 0.25) is 0 Å². The normalized spacial score (nSPS) is 16.2. The molecule has 364 valence electrons. The molecular formula is C53H75Cl2N2O9+. The Bertz CT molecular complexity index is 1920. The smallest absolute Gasteiger partial charge is 0.307 e. The van der Waals surface area contributed by atoms with Crippen LogP contribution in [-0.4, -0.2) is 75.5 Å². The first-order chi connectivity index (χ1) is 30.2. The van der Waals surface area contributed by atoms with E-state index in [-0.39, 0.29) is 67.1 Å². The van der Waals surface area contributed by atoms with Gasteiger partial charge in [0.2, 0.25) is 0 Å². The predicted octanol–water partition coefficient (Wildman–Crippen LogP) is 9.32. The fourth-order valence-electron chi connectivity index (χ4n) is 6.67. The van der Waals surface area contributed by atoms with E-state index in [1.54, 1.807) is 0 Å². The van der Waals surface area contributed by atoms with Crippen LogP contribution in [0.25, 0.3) is 4.85 Å². The first-order valence-corrected chi connectivity index (χ1v) is 22.8. The molecule has 3 aromatic carbocycles. The molecule has 0 saturated heterocycles. The summed E-state index contributed by atoms with van der Waals surface area (Å²) in [5, 5.41) is 20.4. The average molecular weight is 955 g/mol. The molecule has 0 radical (unpaired) electrons. The Morgan fingerprint density at radius 1 is 0.636 bits per heavy atom. The zero-order valence-corrected chi connectivity index (χ0v) is 41.4. The lowest BCUT2D eigenvalue weighted by Gasteiger charge is -2.25. The Morgan fingerprint density at radius 2 is 1.02 bits per heavy atom. The van der Waals surface area contributed by atoms with Gasteiger partial charge in [0, 0.05) is 43.6 Å². The minimum atomic E-state index is -1.11. The van der Waals surface area contributed by atoms with Gasteiger partial charge < -0.3 is 30.2 Å². The Labute approximate surface area is 405 Å². The van der Waals surface area contributed by atoms with Crippen LogP contribution in [-0.2, 0) is 52.7 Å². The summed E-state index contributed by atoms with van der Waals surface area (Å²) in [7, 11) is 0. The number of benzene rings is 3. The Morgan fingerprint density at radius 3 is 1.36 bits per heavy atom. The van der Waals surface area contributed by atoms with E-state index >= 15 is 0 Å². The van der Waals surface area contributed by atoms with Gasteiger partial charge in [-0.1, -0.05) is 95.8 Å². The summed E-state index contributed by atoms with van der Waals surface area (Å²) in [4.78, 5) is 62.3. The van der Waals surface area contributed by atoms with Crippen LogP contribution in [0.5, 0.6) is 0 Å². The van der Waals surface area contributed by atoms with Gasteiger partial charge in [0.1, 0.15) is 29.7 Å². The van der Waals surface area contributed by atoms with Gasteiger partial charge in [0.05, 0.1) is 12.8 Å². The van der Waals surface area contributed by atoms with Gasteiger partial charge in [0.25, 0.3) is 12.6 Å². The van der Waals surface area contributed by atoms with E-state index in [0.717, 1.165) is 48.7 Å². The van der Waals surface area contributed by atoms with Gasteiger partial charge in [-0.25, -0.2) is 0 Å². The molecule has 0 bridgehead atoms. The van der Waals surface area contributed by atoms with Crippen molar-refractivity contribution < 1.29 is 43.7 Å². The number of aldehydes is 1. The lowest BCUT2D eigenvalue weighted by Crippen LogP contribution is -2.42. The standard InChI is InChI=1S/C20H28O4.C15H20O3.C14H19NO2.C4H6N.2ClH/c1-20(2,3)24-18(22)13-16(11-14-7-5-4-6-8-14)19(23)17(21)12-15-9-10-15;1-15(2,3)18-14(17)10-13(11-16)9-12-7-5-4-6-8-12;15-12(8-10-4-2-1-3-5-10)14(17)13(16)9-11-6-7-11;1-5-4-2-3-4;;/h4-8,15-16,19,23H,9-13H2,1-3H3;4-8,11,13H,9-10H2,1-3H3;1-5,11-12,14,17H,6-9,15H2;1,4H,2-3H2;2*1H/q;;;+1;;/t16-,19?;13-;12-,14?;;;/m110.../s1. The molecule has 3 aliphatic rings. The summed E-state index contributed by atoms with van der Waals surface area (Å²) in [6.45, 7) is 15.7. The second kappa shape index (κ2) is 30.0. The third-order valence-corrected chi connectivity index (χ3v) is 10.5. The van der Waals surface area contributed by atoms with Crippen molar-refractivity contribution in [3.63, 3.8) is 0 Å². The van der Waals surface area contributed by atoms with Crippen molar-refractivity contribution in [1.82, 2.24) is 0 Å². The van der Waals surface area contributed by atoms with Crippen LogP contribution < -0.4 is 5.73 Å². The van der Waals surface area contributed by atoms with E-state index in [1.165, 1.54) is 12.8 Å². The molecule has 3 saturated carbocycles. The number of aliphatic hydroxyl groups excluding tert-OH is 2. The molecule has 2 unspecified atom stereocenters. The number of nitrogens with zero attached hydrogens (tertiary/aromatic N) is 1. The van der Waals surface area contributed by atoms with Gasteiger partial charge >= 0.3 is 11.9 Å². The molecule has 3 aliphatic carbocycles. The van der Waals surface area contributed by atoms with E-state index in [1.807, 2.05) is 133 Å². The monoisotopic (exact) mass is 953 g/mol. The van der Waals surface area contributed by atoms with Crippen molar-refractivity contribution in [2.75, 3.05) is 0 Å². The number of ether oxygens (including phenoxy) is 2. The van der Waals surface area contributed by atoms with Gasteiger partial charge in [-0.3, -0.25) is 19.2 Å². The van der Waals surface area contributed by atoms with Crippen molar-refractivity contribution in [3.8, 4) is 6.57 Å². The van der Waals surface area contributed by atoms with Crippen LogP contribution in [0.1, 0.15) is 122 Å². The second-order valence-corrected chi connectivity index (χ2v) is 19.5. The van der Waals surface area contributed by atoms with Crippen LogP contribution in [0, 0.1) is 30.2 Å². The van der Waals surface area contributed by atoms with E-state index < -0.39 is 35.4 Å². The molecule has 0 heterocycles. The maximum Gasteiger partial charge on any atom is 0.307 e. The number of carbonyl (C=O) groups excluding carboxylic acids is 5. The average Bonchev–Trinajstić information content (AvgIpc) is 4.08. The molecule has 5 atom stereocenters. The third-order valence-electron chi connectivity index (χ3n) is 10.5. The highest BCUT2D eigenvalue weighted by Crippen LogP contribution is 2.34. The predicted molar refractivity (Wildman–Crippen MR) is 265 cm³/mol. The van der Waals surface area contributed by atoms with Crippen molar-refractivity contribution >= 4 is 54.6 Å². The maximum absolute atomic E-state index is 12.3. The lowest BCUT2D eigenvalue weighted by molar-refractivity contribution is -0.158. The topological polar surface area (TPSA) is 175 Å². The van der Waals surface area contributed by atoms with E-state index in [0.29, 0.717) is 50.0 Å². The fourth-order valence-corrected chi connectivity index (χ4v) is 6.67. The van der Waals surface area contributed by atoms with Crippen molar-refractivity contribution in [3.05, 3.63) is 113 Å². The highest BCUT2D eigenvalue weighted by atomic mass is 35.5. The molecule has 3 fully saturated rings.